The van der Waals surface area contributed by atoms with E-state index >= 15 is 0 Å². The molecule has 0 bridgehead atoms. The number of hydrogen-bond donors (Lipinski definition) is 1. The highest BCUT2D eigenvalue weighted by atomic mass is 32.2. The third kappa shape index (κ3) is 7.08. The Morgan fingerprint density at radius 3 is 2.64 bits per heavy atom. The van der Waals surface area contributed by atoms with Gasteiger partial charge in [-0.1, -0.05) is 12.7 Å². The number of thiol groups is 1. The van der Waals surface area contributed by atoms with Gasteiger partial charge in [-0.15, -0.1) is 6.58 Å². The van der Waals surface area contributed by atoms with Gasteiger partial charge in [0.15, 0.2) is 0 Å². The maximum atomic E-state index is 9.92. The summed E-state index contributed by atoms with van der Waals surface area (Å²) in [5, 5.41) is 0. The normalized spacial score (nSPS) is 9.55. The molecule has 0 atom stereocenters. The molecule has 0 unspecified atom stereocenters. The van der Waals surface area contributed by atoms with Crippen LogP contribution in [0.5, 0.6) is 0 Å². The molecule has 4 nitrogen and oxygen atoms in total. The molecule has 11 heavy (non-hydrogen) atoms. The van der Waals surface area contributed by atoms with Crippen LogP contribution in [0.15, 0.2) is 25.0 Å². The lowest BCUT2D eigenvalue weighted by Crippen LogP contribution is -1.99. The van der Waals surface area contributed by atoms with Crippen molar-refractivity contribution in [3.63, 3.8) is 0 Å². The number of rotatable bonds is 6. The van der Waals surface area contributed by atoms with Crippen molar-refractivity contribution in [1.29, 1.82) is 0 Å². The fourth-order valence-electron chi connectivity index (χ4n) is 0.388. The molecule has 0 radical (unpaired) electrons. The maximum Gasteiger partial charge on any atom is 0.298 e. The fourth-order valence-corrected chi connectivity index (χ4v) is 0.651. The van der Waals surface area contributed by atoms with E-state index in [-0.39, 0.29) is 12.4 Å². The Kier molecular flexibility index (Phi) is 5.50. The highest BCUT2D eigenvalue weighted by Crippen LogP contribution is 1.93. The lowest BCUT2D eigenvalue weighted by Gasteiger charge is -2.01. The average Bonchev–Trinajstić information content (AvgIpc) is 1.86. The highest BCUT2D eigenvalue weighted by molar-refractivity contribution is 7.67. The Bertz CT molecular complexity index is 199. The van der Waals surface area contributed by atoms with Gasteiger partial charge in [-0.25, -0.2) is 0 Å². The summed E-state index contributed by atoms with van der Waals surface area (Å²) in [6, 6.07) is 0. The molecule has 0 aromatic carbocycles. The molecule has 0 heterocycles. The van der Waals surface area contributed by atoms with Crippen LogP contribution in [0.1, 0.15) is 0 Å². The Balaban J connectivity index is 3.45. The van der Waals surface area contributed by atoms with Crippen molar-refractivity contribution in [1.82, 2.24) is 0 Å². The quantitative estimate of drug-likeness (QED) is 0.274. The Morgan fingerprint density at radius 2 is 2.18 bits per heavy atom. The van der Waals surface area contributed by atoms with Crippen molar-refractivity contribution in [2.45, 2.75) is 0 Å². The molecule has 0 saturated heterocycles. The Labute approximate surface area is 67.3 Å². The highest BCUT2D eigenvalue weighted by Gasteiger charge is 1.94. The summed E-state index contributed by atoms with van der Waals surface area (Å²) in [5.41, 5.74) is 0. The van der Waals surface area contributed by atoms with Crippen molar-refractivity contribution in [3.8, 4) is 0 Å². The van der Waals surface area contributed by atoms with E-state index in [0.717, 1.165) is 0 Å². The first kappa shape index (κ1) is 10.2. The van der Waals surface area contributed by atoms with Gasteiger partial charge in [0.25, 0.3) is 11.0 Å². The second-order valence-corrected chi connectivity index (χ2v) is 2.29. The van der Waals surface area contributed by atoms with Crippen molar-refractivity contribution in [3.05, 3.63) is 25.0 Å². The van der Waals surface area contributed by atoms with Crippen LogP contribution in [0.4, 0.5) is 0 Å². The van der Waals surface area contributed by atoms with Crippen molar-refractivity contribution < 1.29 is 17.3 Å². The van der Waals surface area contributed by atoms with Crippen molar-refractivity contribution >= 4 is 11.0 Å². The molecule has 0 fully saturated rings. The summed E-state index contributed by atoms with van der Waals surface area (Å²) in [5.74, 6) is 0.0722. The molecule has 5 heteroatoms. The van der Waals surface area contributed by atoms with Gasteiger partial charge < -0.3 is 8.92 Å². The molecule has 0 aliphatic heterocycles. The molecule has 0 aliphatic rings. The molecule has 0 aromatic rings. The molecule has 0 aliphatic carbocycles. The van der Waals surface area contributed by atoms with Gasteiger partial charge >= 0.3 is 0 Å². The molecule has 64 valence electrons. The molecule has 0 amide bonds. The first-order valence-electron chi connectivity index (χ1n) is 2.85. The molecule has 0 spiro atoms. The maximum absolute atomic E-state index is 9.92. The Morgan fingerprint density at radius 1 is 1.55 bits per heavy atom. The van der Waals surface area contributed by atoms with Crippen LogP contribution >= 0.6 is 0 Å². The fraction of sp³-hybridized carbons (Fsp3) is 0.333. The van der Waals surface area contributed by atoms with Crippen LogP contribution in [0, 0.1) is 0 Å². The third-order valence-electron chi connectivity index (χ3n) is 0.702. The van der Waals surface area contributed by atoms with E-state index in [1.54, 1.807) is 6.08 Å². The molecular weight excluding hydrogens is 168 g/mol. The van der Waals surface area contributed by atoms with Crippen LogP contribution < -0.4 is 0 Å². The molecule has 0 N–H and O–H groups in total. The second-order valence-electron chi connectivity index (χ2n) is 1.66. The standard InChI is InChI=1S/C6H10O4S/c1-3-4-9-5-6(2)10-11(7)8/h3,11H,1-2,4-5H2. The van der Waals surface area contributed by atoms with Gasteiger partial charge in [0.05, 0.1) is 6.61 Å². The van der Waals surface area contributed by atoms with Gasteiger partial charge in [0, 0.05) is 0 Å². The van der Waals surface area contributed by atoms with E-state index in [2.05, 4.69) is 17.3 Å². The minimum Gasteiger partial charge on any atom is -0.387 e. The second kappa shape index (κ2) is 5.94. The number of hydrogen-bond acceptors (Lipinski definition) is 4. The monoisotopic (exact) mass is 178 g/mol. The summed E-state index contributed by atoms with van der Waals surface area (Å²) < 4.78 is 28.9. The van der Waals surface area contributed by atoms with Crippen LogP contribution in [-0.2, 0) is 19.9 Å². The summed E-state index contributed by atoms with van der Waals surface area (Å²) in [4.78, 5) is 0. The first-order chi connectivity index (χ1) is 5.16. The number of ether oxygens (including phenoxy) is 1. The first-order valence-corrected chi connectivity index (χ1v) is 3.95. The lowest BCUT2D eigenvalue weighted by molar-refractivity contribution is 0.161. The van der Waals surface area contributed by atoms with Gasteiger partial charge in [0.1, 0.15) is 12.4 Å². The zero-order valence-corrected chi connectivity index (χ0v) is 6.88. The van der Waals surface area contributed by atoms with E-state index in [0.29, 0.717) is 6.61 Å². The SMILES string of the molecule is C=CCOCC(=C)O[SH](=O)=O. The van der Waals surface area contributed by atoms with E-state index in [9.17, 15) is 8.42 Å². The minimum absolute atomic E-state index is 0.0648. The minimum atomic E-state index is -2.87. The molecular formula is C6H10O4S. The van der Waals surface area contributed by atoms with Crippen molar-refractivity contribution in [2.24, 2.45) is 0 Å². The molecule has 0 aromatic heterocycles. The van der Waals surface area contributed by atoms with Crippen molar-refractivity contribution in [2.75, 3.05) is 13.2 Å². The van der Waals surface area contributed by atoms with Gasteiger partial charge in [-0.2, -0.15) is 8.42 Å². The smallest absolute Gasteiger partial charge is 0.298 e. The van der Waals surface area contributed by atoms with E-state index < -0.39 is 11.0 Å². The van der Waals surface area contributed by atoms with Crippen LogP contribution in [0.25, 0.3) is 0 Å². The summed E-state index contributed by atoms with van der Waals surface area (Å²) in [6.07, 6.45) is 1.55. The van der Waals surface area contributed by atoms with E-state index in [1.165, 1.54) is 0 Å². The third-order valence-corrected chi connectivity index (χ3v) is 1.11. The predicted molar refractivity (Wildman–Crippen MR) is 41.6 cm³/mol. The zero-order valence-electron chi connectivity index (χ0n) is 5.99. The zero-order chi connectivity index (χ0) is 8.69. The van der Waals surface area contributed by atoms with E-state index in [4.69, 9.17) is 4.74 Å². The van der Waals surface area contributed by atoms with Gasteiger partial charge in [-0.3, -0.25) is 0 Å². The van der Waals surface area contributed by atoms with Gasteiger partial charge in [0.2, 0.25) is 0 Å². The van der Waals surface area contributed by atoms with Crippen LogP contribution in [0.2, 0.25) is 0 Å². The largest absolute Gasteiger partial charge is 0.387 e. The lowest BCUT2D eigenvalue weighted by atomic mass is 10.6. The average molecular weight is 178 g/mol. The molecule has 0 saturated carbocycles. The van der Waals surface area contributed by atoms with Crippen LogP contribution in [-0.4, -0.2) is 21.6 Å². The topological polar surface area (TPSA) is 52.6 Å². The summed E-state index contributed by atoms with van der Waals surface area (Å²) in [6.45, 7) is 7.11. The summed E-state index contributed by atoms with van der Waals surface area (Å²) >= 11 is 0. The van der Waals surface area contributed by atoms with E-state index in [1.807, 2.05) is 0 Å². The Hall–Kier alpha value is -0.810. The van der Waals surface area contributed by atoms with Crippen LogP contribution in [0.3, 0.4) is 0 Å². The van der Waals surface area contributed by atoms with Gasteiger partial charge in [-0.05, 0) is 0 Å². The molecule has 0 rings (SSSR count). The predicted octanol–water partition coefficient (Wildman–Crippen LogP) is 0.246. The summed E-state index contributed by atoms with van der Waals surface area (Å²) in [7, 11) is -2.87.